The van der Waals surface area contributed by atoms with Gasteiger partial charge in [-0.1, -0.05) is 17.7 Å². The number of nitrogens with one attached hydrogen (secondary N) is 1. The quantitative estimate of drug-likeness (QED) is 0.227. The molecule has 1 aromatic heterocycles. The number of fused-ring (bicyclic) bond motifs is 1. The molecule has 0 fully saturated rings. The summed E-state index contributed by atoms with van der Waals surface area (Å²) in [7, 11) is 5.21. The number of imidazole rings is 1. The summed E-state index contributed by atoms with van der Waals surface area (Å²) < 4.78 is 12.9. The van der Waals surface area contributed by atoms with E-state index in [4.69, 9.17) is 26.1 Å². The second-order valence-electron chi connectivity index (χ2n) is 8.91. The maximum atomic E-state index is 13.3. The van der Waals surface area contributed by atoms with Crippen LogP contribution in [0.3, 0.4) is 0 Å². The number of hydrogen-bond donors (Lipinski definition) is 1. The van der Waals surface area contributed by atoms with Gasteiger partial charge < -0.3 is 29.2 Å². The maximum absolute atomic E-state index is 13.3. The van der Waals surface area contributed by atoms with E-state index in [1.54, 1.807) is 20.3 Å². The molecule has 1 N–H and O–H groups in total. The summed E-state index contributed by atoms with van der Waals surface area (Å²) in [6.45, 7) is 7.44. The zero-order chi connectivity index (χ0) is 27.4. The highest BCUT2D eigenvalue weighted by atomic mass is 35.5. The van der Waals surface area contributed by atoms with Gasteiger partial charge in [0, 0.05) is 36.9 Å². The number of carbonyl (C=O) groups is 1. The van der Waals surface area contributed by atoms with Crippen molar-refractivity contribution >= 4 is 64.0 Å². The summed E-state index contributed by atoms with van der Waals surface area (Å²) in [6, 6.07) is 17.3. The number of aryl methyl sites for hydroxylation is 2. The highest BCUT2D eigenvalue weighted by molar-refractivity contribution is 6.31. The molecule has 1 heterocycles. The molecule has 8 nitrogen and oxygen atoms in total. The Labute approximate surface area is 240 Å². The van der Waals surface area contributed by atoms with Crippen LogP contribution in [0.4, 0.5) is 23.0 Å². The number of anilines is 4. The van der Waals surface area contributed by atoms with Crippen molar-refractivity contribution in [3.05, 3.63) is 65.2 Å². The fourth-order valence-electron chi connectivity index (χ4n) is 4.61. The summed E-state index contributed by atoms with van der Waals surface area (Å²) in [5.41, 5.74) is 5.17. The summed E-state index contributed by atoms with van der Waals surface area (Å²) in [5.74, 6) is 2.07. The standard InChI is InChI=1S/C29H34ClN5O3.ClH/c1-7-34(8-2)26(36)18-35(21-12-14-22(37-5)15-13-21)24-11-9-10-23-28(24)33(4)29(31-23)32-27-19(3)16-20(30)17-25(27)38-6;/h9-17H,7-8,18H2,1-6H3,(H,31,32);1H. The lowest BCUT2D eigenvalue weighted by Gasteiger charge is -2.28. The number of aromatic nitrogens is 2. The van der Waals surface area contributed by atoms with Gasteiger partial charge in [-0.05, 0) is 68.8 Å². The predicted octanol–water partition coefficient (Wildman–Crippen LogP) is 6.72. The van der Waals surface area contributed by atoms with Gasteiger partial charge in [0.1, 0.15) is 18.0 Å². The van der Waals surface area contributed by atoms with Crippen molar-refractivity contribution < 1.29 is 14.3 Å². The average molecular weight is 573 g/mol. The minimum Gasteiger partial charge on any atom is -0.497 e. The molecule has 0 saturated heterocycles. The number of halogens is 2. The van der Waals surface area contributed by atoms with Crippen LogP contribution in [-0.2, 0) is 11.8 Å². The molecule has 4 aromatic rings. The van der Waals surface area contributed by atoms with Crippen molar-refractivity contribution in [2.75, 3.05) is 44.1 Å². The molecule has 0 unspecified atom stereocenters. The number of ether oxygens (including phenoxy) is 2. The summed E-state index contributed by atoms with van der Waals surface area (Å²) in [5, 5.41) is 4.03. The van der Waals surface area contributed by atoms with E-state index in [0.29, 0.717) is 29.8 Å². The topological polar surface area (TPSA) is 71.9 Å². The largest absolute Gasteiger partial charge is 0.497 e. The average Bonchev–Trinajstić information content (AvgIpc) is 3.24. The lowest BCUT2D eigenvalue weighted by atomic mass is 10.2. The van der Waals surface area contributed by atoms with Crippen molar-refractivity contribution in [3.8, 4) is 11.5 Å². The van der Waals surface area contributed by atoms with E-state index < -0.39 is 0 Å². The minimum atomic E-state index is 0. The van der Waals surface area contributed by atoms with Gasteiger partial charge in [-0.15, -0.1) is 12.4 Å². The third kappa shape index (κ3) is 6.18. The molecule has 3 aromatic carbocycles. The van der Waals surface area contributed by atoms with Crippen LogP contribution in [0.15, 0.2) is 54.6 Å². The van der Waals surface area contributed by atoms with Gasteiger partial charge in [-0.25, -0.2) is 4.98 Å². The number of rotatable bonds is 10. The third-order valence-electron chi connectivity index (χ3n) is 6.68. The molecule has 10 heteroatoms. The molecule has 0 radical (unpaired) electrons. The predicted molar refractivity (Wildman–Crippen MR) is 162 cm³/mol. The first-order valence-corrected chi connectivity index (χ1v) is 12.9. The van der Waals surface area contributed by atoms with Crippen LogP contribution in [0.1, 0.15) is 19.4 Å². The van der Waals surface area contributed by atoms with Crippen molar-refractivity contribution in [2.45, 2.75) is 20.8 Å². The van der Waals surface area contributed by atoms with E-state index in [1.165, 1.54) is 0 Å². The van der Waals surface area contributed by atoms with E-state index in [9.17, 15) is 4.79 Å². The van der Waals surface area contributed by atoms with E-state index in [0.717, 1.165) is 39.4 Å². The van der Waals surface area contributed by atoms with E-state index >= 15 is 0 Å². The van der Waals surface area contributed by atoms with Crippen molar-refractivity contribution in [1.82, 2.24) is 14.5 Å². The highest BCUT2D eigenvalue weighted by Crippen LogP contribution is 2.37. The van der Waals surface area contributed by atoms with Gasteiger partial charge in [-0.2, -0.15) is 0 Å². The Hall–Kier alpha value is -3.62. The van der Waals surface area contributed by atoms with Crippen LogP contribution in [0.5, 0.6) is 11.5 Å². The Morgan fingerprint density at radius 2 is 1.74 bits per heavy atom. The molecule has 208 valence electrons. The lowest BCUT2D eigenvalue weighted by molar-refractivity contribution is -0.129. The van der Waals surface area contributed by atoms with Crippen LogP contribution in [-0.4, -0.2) is 54.2 Å². The number of hydrogen-bond acceptors (Lipinski definition) is 6. The Kier molecular flexibility index (Phi) is 9.94. The molecule has 39 heavy (non-hydrogen) atoms. The Balaban J connectivity index is 0.00000420. The Morgan fingerprint density at radius 1 is 1.05 bits per heavy atom. The fraction of sp³-hybridized carbons (Fsp3) is 0.310. The van der Waals surface area contributed by atoms with Crippen LogP contribution < -0.4 is 19.7 Å². The number of nitrogens with zero attached hydrogens (tertiary/aromatic N) is 4. The molecule has 4 rings (SSSR count). The Morgan fingerprint density at radius 3 is 2.36 bits per heavy atom. The second kappa shape index (κ2) is 13.0. The van der Waals surface area contributed by atoms with Gasteiger partial charge in [0.25, 0.3) is 0 Å². The number of para-hydroxylation sites is 1. The monoisotopic (exact) mass is 571 g/mol. The molecule has 0 aliphatic carbocycles. The number of amides is 1. The SMILES string of the molecule is CCN(CC)C(=O)CN(c1ccc(OC)cc1)c1cccc2nc(Nc3c(C)cc(Cl)cc3OC)n(C)c12.Cl. The first kappa shape index (κ1) is 29.9. The molecule has 0 spiro atoms. The molecular formula is C29H35Cl2N5O3. The molecule has 0 saturated carbocycles. The van der Waals surface area contributed by atoms with Crippen LogP contribution >= 0.6 is 24.0 Å². The van der Waals surface area contributed by atoms with Gasteiger partial charge in [0.15, 0.2) is 0 Å². The molecule has 0 aliphatic heterocycles. The molecule has 0 bridgehead atoms. The minimum absolute atomic E-state index is 0. The zero-order valence-corrected chi connectivity index (χ0v) is 24.7. The normalized spacial score (nSPS) is 10.6. The highest BCUT2D eigenvalue weighted by Gasteiger charge is 2.22. The molecular weight excluding hydrogens is 537 g/mol. The van der Waals surface area contributed by atoms with Crippen LogP contribution in [0, 0.1) is 6.92 Å². The molecule has 1 amide bonds. The van der Waals surface area contributed by atoms with Crippen molar-refractivity contribution in [3.63, 3.8) is 0 Å². The fourth-order valence-corrected chi connectivity index (χ4v) is 4.88. The van der Waals surface area contributed by atoms with Gasteiger partial charge >= 0.3 is 0 Å². The van der Waals surface area contributed by atoms with Gasteiger partial charge in [0.2, 0.25) is 11.9 Å². The Bertz CT molecular complexity index is 1440. The second-order valence-corrected chi connectivity index (χ2v) is 9.35. The van der Waals surface area contributed by atoms with Crippen LogP contribution in [0.2, 0.25) is 5.02 Å². The van der Waals surface area contributed by atoms with Crippen LogP contribution in [0.25, 0.3) is 11.0 Å². The van der Waals surface area contributed by atoms with Gasteiger partial charge in [-0.3, -0.25) is 4.79 Å². The molecule has 0 aliphatic rings. The van der Waals surface area contributed by atoms with Crippen molar-refractivity contribution in [2.24, 2.45) is 7.05 Å². The maximum Gasteiger partial charge on any atom is 0.242 e. The first-order valence-electron chi connectivity index (χ1n) is 12.6. The summed E-state index contributed by atoms with van der Waals surface area (Å²) in [6.07, 6.45) is 0. The summed E-state index contributed by atoms with van der Waals surface area (Å²) >= 11 is 6.24. The number of benzene rings is 3. The number of methoxy groups -OCH3 is 2. The number of carbonyl (C=O) groups excluding carboxylic acids is 1. The third-order valence-corrected chi connectivity index (χ3v) is 6.90. The lowest BCUT2D eigenvalue weighted by Crippen LogP contribution is -2.38. The smallest absolute Gasteiger partial charge is 0.242 e. The van der Waals surface area contributed by atoms with Gasteiger partial charge in [0.05, 0.1) is 36.6 Å². The van der Waals surface area contributed by atoms with Crippen molar-refractivity contribution in [1.29, 1.82) is 0 Å². The van der Waals surface area contributed by atoms with E-state index in [-0.39, 0.29) is 24.9 Å². The number of likely N-dealkylation sites (N-methyl/N-ethyl adjacent to an activating group) is 1. The zero-order valence-electron chi connectivity index (χ0n) is 23.1. The summed E-state index contributed by atoms with van der Waals surface area (Å²) in [4.78, 5) is 22.0. The van der Waals surface area contributed by atoms with E-state index in [2.05, 4.69) is 5.32 Å². The van der Waals surface area contributed by atoms with E-state index in [1.807, 2.05) is 90.7 Å². The molecule has 0 atom stereocenters. The first-order chi connectivity index (χ1) is 18.3.